The minimum absolute atomic E-state index is 0.104. The molecule has 0 unspecified atom stereocenters. The van der Waals surface area contributed by atoms with Crippen LogP contribution in [0, 0.1) is 5.82 Å². The number of esters is 1. The Morgan fingerprint density at radius 2 is 1.89 bits per heavy atom. The monoisotopic (exact) mass is 397 g/mol. The summed E-state index contributed by atoms with van der Waals surface area (Å²) < 4.78 is 24.0. The Labute approximate surface area is 163 Å². The number of benzene rings is 1. The van der Waals surface area contributed by atoms with Crippen LogP contribution in [0.2, 0.25) is 5.15 Å². The summed E-state index contributed by atoms with van der Waals surface area (Å²) in [4.78, 5) is 20.2. The lowest BCUT2D eigenvalue weighted by molar-refractivity contribution is -0.154. The SMILES string of the molecule is COc1cc2nc(NCCCCCC(=O)OC(C)(C)C)c(Cl)nc2cc1F. The number of carbonyl (C=O) groups is 1. The van der Waals surface area contributed by atoms with Gasteiger partial charge in [0.15, 0.2) is 22.5 Å². The zero-order chi connectivity index (χ0) is 20.0. The molecule has 1 N–H and O–H groups in total. The molecule has 1 heterocycles. The summed E-state index contributed by atoms with van der Waals surface area (Å²) in [6, 6.07) is 2.73. The predicted molar refractivity (Wildman–Crippen MR) is 104 cm³/mol. The van der Waals surface area contributed by atoms with E-state index in [2.05, 4.69) is 15.3 Å². The molecule has 0 saturated carbocycles. The average Bonchev–Trinajstić information content (AvgIpc) is 2.56. The van der Waals surface area contributed by atoms with Gasteiger partial charge in [-0.1, -0.05) is 18.0 Å². The van der Waals surface area contributed by atoms with Crippen LogP contribution in [0.1, 0.15) is 46.5 Å². The standard InChI is InChI=1S/C19H25ClFN3O3/c1-19(2,3)27-16(25)8-6-5-7-9-22-18-17(20)23-13-10-12(21)15(26-4)11-14(13)24-18/h10-11H,5-9H2,1-4H3,(H,22,24). The van der Waals surface area contributed by atoms with Crippen LogP contribution in [0.5, 0.6) is 5.75 Å². The second kappa shape index (κ2) is 9.17. The third-order valence-corrected chi connectivity index (χ3v) is 3.93. The molecule has 0 atom stereocenters. The smallest absolute Gasteiger partial charge is 0.306 e. The highest BCUT2D eigenvalue weighted by molar-refractivity contribution is 6.32. The molecule has 1 aromatic carbocycles. The lowest BCUT2D eigenvalue weighted by Crippen LogP contribution is -2.23. The third kappa shape index (κ3) is 6.50. The molecule has 0 saturated heterocycles. The topological polar surface area (TPSA) is 73.3 Å². The van der Waals surface area contributed by atoms with Gasteiger partial charge in [0.1, 0.15) is 5.60 Å². The van der Waals surface area contributed by atoms with Crippen LogP contribution in [-0.4, -0.2) is 35.2 Å². The maximum atomic E-state index is 13.7. The van der Waals surface area contributed by atoms with Crippen LogP contribution in [0.3, 0.4) is 0 Å². The molecule has 0 aliphatic heterocycles. The van der Waals surface area contributed by atoms with E-state index in [4.69, 9.17) is 21.1 Å². The molecule has 27 heavy (non-hydrogen) atoms. The largest absolute Gasteiger partial charge is 0.494 e. The van der Waals surface area contributed by atoms with Crippen LogP contribution >= 0.6 is 11.6 Å². The Balaban J connectivity index is 1.84. The normalized spacial score (nSPS) is 11.5. The first-order valence-corrected chi connectivity index (χ1v) is 9.24. The van der Waals surface area contributed by atoms with Crippen molar-refractivity contribution in [3.05, 3.63) is 23.1 Å². The Morgan fingerprint density at radius 1 is 1.19 bits per heavy atom. The van der Waals surface area contributed by atoms with E-state index in [1.54, 1.807) is 0 Å². The van der Waals surface area contributed by atoms with E-state index in [1.165, 1.54) is 19.2 Å². The van der Waals surface area contributed by atoms with Crippen molar-refractivity contribution in [3.8, 4) is 5.75 Å². The lowest BCUT2D eigenvalue weighted by atomic mass is 10.1. The van der Waals surface area contributed by atoms with E-state index in [-0.39, 0.29) is 16.9 Å². The molecule has 2 rings (SSSR count). The molecule has 1 aromatic heterocycles. The summed E-state index contributed by atoms with van der Waals surface area (Å²) in [6.45, 7) is 6.19. The van der Waals surface area contributed by atoms with Crippen LogP contribution in [0.25, 0.3) is 11.0 Å². The number of halogens is 2. The quantitative estimate of drug-likeness (QED) is 0.512. The summed E-state index contributed by atoms with van der Waals surface area (Å²) in [5, 5.41) is 3.31. The summed E-state index contributed by atoms with van der Waals surface area (Å²) in [6.07, 6.45) is 2.86. The number of nitrogens with zero attached hydrogens (tertiary/aromatic N) is 2. The Morgan fingerprint density at radius 3 is 2.56 bits per heavy atom. The molecule has 148 valence electrons. The Hall–Kier alpha value is -2.15. The van der Waals surface area contributed by atoms with Gasteiger partial charge in [0, 0.05) is 25.1 Å². The Bertz CT molecular complexity index is 809. The van der Waals surface area contributed by atoms with Gasteiger partial charge in [-0.3, -0.25) is 4.79 Å². The van der Waals surface area contributed by atoms with Crippen LogP contribution in [-0.2, 0) is 9.53 Å². The molecular formula is C19H25ClFN3O3. The molecule has 2 aromatic rings. The second-order valence-electron chi connectivity index (χ2n) is 7.16. The molecule has 0 aliphatic rings. The molecule has 6 nitrogen and oxygen atoms in total. The maximum Gasteiger partial charge on any atom is 0.306 e. The van der Waals surface area contributed by atoms with Gasteiger partial charge in [-0.25, -0.2) is 14.4 Å². The van der Waals surface area contributed by atoms with Gasteiger partial charge < -0.3 is 14.8 Å². The van der Waals surface area contributed by atoms with E-state index >= 15 is 0 Å². The molecule has 0 bridgehead atoms. The van der Waals surface area contributed by atoms with E-state index < -0.39 is 11.4 Å². The number of ether oxygens (including phenoxy) is 2. The first-order chi connectivity index (χ1) is 12.7. The highest BCUT2D eigenvalue weighted by Gasteiger charge is 2.15. The summed E-state index contributed by atoms with van der Waals surface area (Å²) >= 11 is 6.12. The number of unbranched alkanes of at least 4 members (excludes halogenated alkanes) is 2. The number of hydrogen-bond acceptors (Lipinski definition) is 6. The minimum atomic E-state index is -0.513. The first kappa shape index (κ1) is 21.2. The number of fused-ring (bicyclic) bond motifs is 1. The number of hydrogen-bond donors (Lipinski definition) is 1. The van der Waals surface area contributed by atoms with Gasteiger partial charge in [0.05, 0.1) is 18.1 Å². The van der Waals surface area contributed by atoms with Crippen molar-refractivity contribution in [2.75, 3.05) is 19.0 Å². The molecule has 0 radical (unpaired) electrons. The molecule has 0 aliphatic carbocycles. The van der Waals surface area contributed by atoms with Crippen molar-refractivity contribution >= 4 is 34.4 Å². The van der Waals surface area contributed by atoms with E-state index in [1.807, 2.05) is 20.8 Å². The van der Waals surface area contributed by atoms with Gasteiger partial charge >= 0.3 is 5.97 Å². The number of anilines is 1. The second-order valence-corrected chi connectivity index (χ2v) is 7.52. The Kier molecular flexibility index (Phi) is 7.18. The molecular weight excluding hydrogens is 373 g/mol. The van der Waals surface area contributed by atoms with Crippen molar-refractivity contribution in [1.29, 1.82) is 0 Å². The highest BCUT2D eigenvalue weighted by atomic mass is 35.5. The average molecular weight is 398 g/mol. The van der Waals surface area contributed by atoms with Crippen LogP contribution in [0.15, 0.2) is 12.1 Å². The molecule has 0 spiro atoms. The van der Waals surface area contributed by atoms with Crippen molar-refractivity contribution in [1.82, 2.24) is 9.97 Å². The first-order valence-electron chi connectivity index (χ1n) is 8.86. The number of carbonyl (C=O) groups excluding carboxylic acids is 1. The van der Waals surface area contributed by atoms with Gasteiger partial charge in [0.2, 0.25) is 0 Å². The lowest BCUT2D eigenvalue weighted by Gasteiger charge is -2.19. The van der Waals surface area contributed by atoms with Crippen molar-refractivity contribution in [3.63, 3.8) is 0 Å². The number of methoxy groups -OCH3 is 1. The van der Waals surface area contributed by atoms with Gasteiger partial charge in [-0.2, -0.15) is 0 Å². The van der Waals surface area contributed by atoms with Crippen molar-refractivity contribution in [2.45, 2.75) is 52.1 Å². The maximum absolute atomic E-state index is 13.7. The third-order valence-electron chi connectivity index (χ3n) is 3.67. The van der Waals surface area contributed by atoms with Crippen molar-refractivity contribution < 1.29 is 18.7 Å². The molecule has 0 fully saturated rings. The van der Waals surface area contributed by atoms with Gasteiger partial charge in [-0.15, -0.1) is 0 Å². The minimum Gasteiger partial charge on any atom is -0.494 e. The molecule has 8 heteroatoms. The zero-order valence-corrected chi connectivity index (χ0v) is 16.8. The van der Waals surface area contributed by atoms with E-state index in [0.29, 0.717) is 29.8 Å². The zero-order valence-electron chi connectivity index (χ0n) is 16.1. The number of nitrogens with one attached hydrogen (secondary N) is 1. The fourth-order valence-electron chi connectivity index (χ4n) is 2.48. The fraction of sp³-hybridized carbons (Fsp3) is 0.526. The molecule has 0 amide bonds. The fourth-order valence-corrected chi connectivity index (χ4v) is 2.68. The van der Waals surface area contributed by atoms with E-state index in [0.717, 1.165) is 19.3 Å². The number of aromatic nitrogens is 2. The van der Waals surface area contributed by atoms with Crippen LogP contribution in [0.4, 0.5) is 10.2 Å². The summed E-state index contributed by atoms with van der Waals surface area (Å²) in [5.74, 6) is -0.154. The summed E-state index contributed by atoms with van der Waals surface area (Å²) in [5.41, 5.74) is 0.404. The number of rotatable bonds is 8. The van der Waals surface area contributed by atoms with Crippen LogP contribution < -0.4 is 10.1 Å². The van der Waals surface area contributed by atoms with Gasteiger partial charge in [-0.05, 0) is 33.6 Å². The predicted octanol–water partition coefficient (Wildman–Crippen LogP) is 4.74. The van der Waals surface area contributed by atoms with E-state index in [9.17, 15) is 9.18 Å². The van der Waals surface area contributed by atoms with Crippen molar-refractivity contribution in [2.24, 2.45) is 0 Å². The summed E-state index contributed by atoms with van der Waals surface area (Å²) in [7, 11) is 1.39. The highest BCUT2D eigenvalue weighted by Crippen LogP contribution is 2.26. The van der Waals surface area contributed by atoms with Gasteiger partial charge in [0.25, 0.3) is 0 Å².